The summed E-state index contributed by atoms with van der Waals surface area (Å²) in [5, 5.41) is 10.2. The molecule has 0 atom stereocenters. The van der Waals surface area contributed by atoms with Gasteiger partial charge in [0.2, 0.25) is 0 Å². The Morgan fingerprint density at radius 3 is 2.70 bits per heavy atom. The summed E-state index contributed by atoms with van der Waals surface area (Å²) in [6, 6.07) is 15.1. The molecule has 0 saturated heterocycles. The van der Waals surface area contributed by atoms with Crippen LogP contribution >= 0.6 is 15.9 Å². The van der Waals surface area contributed by atoms with Gasteiger partial charge in [0.1, 0.15) is 0 Å². The molecule has 1 heterocycles. The van der Waals surface area contributed by atoms with Crippen molar-refractivity contribution in [3.05, 3.63) is 64.8 Å². The van der Waals surface area contributed by atoms with Gasteiger partial charge >= 0.3 is 5.97 Å². The van der Waals surface area contributed by atoms with Crippen molar-refractivity contribution in [2.24, 2.45) is 0 Å². The number of rotatable bonds is 2. The molecule has 0 aliphatic heterocycles. The molecule has 0 spiro atoms. The number of nitrogens with zero attached hydrogens (tertiary/aromatic N) is 1. The van der Waals surface area contributed by atoms with E-state index in [0.29, 0.717) is 4.47 Å². The Morgan fingerprint density at radius 2 is 1.90 bits per heavy atom. The number of benzene rings is 2. The monoisotopic (exact) mass is 327 g/mol. The molecule has 0 unspecified atom stereocenters. The molecule has 1 aromatic heterocycles. The maximum atomic E-state index is 11.2. The van der Waals surface area contributed by atoms with Crippen LogP contribution in [0.2, 0.25) is 0 Å². The number of fused-ring (bicyclic) bond motifs is 1. The van der Waals surface area contributed by atoms with Crippen molar-refractivity contribution in [2.45, 2.75) is 0 Å². The Morgan fingerprint density at radius 1 is 1.10 bits per heavy atom. The van der Waals surface area contributed by atoms with E-state index in [-0.39, 0.29) is 5.56 Å². The average Bonchev–Trinajstić information content (AvgIpc) is 2.47. The largest absolute Gasteiger partial charge is 0.478 e. The zero-order valence-corrected chi connectivity index (χ0v) is 12.0. The van der Waals surface area contributed by atoms with Crippen LogP contribution in [0.1, 0.15) is 10.4 Å². The van der Waals surface area contributed by atoms with Gasteiger partial charge in [-0.2, -0.15) is 0 Å². The summed E-state index contributed by atoms with van der Waals surface area (Å²) in [4.78, 5) is 15.6. The summed E-state index contributed by atoms with van der Waals surface area (Å²) in [6.45, 7) is 0. The quantitative estimate of drug-likeness (QED) is 0.760. The second kappa shape index (κ2) is 5.06. The van der Waals surface area contributed by atoms with Crippen molar-refractivity contribution in [3.8, 4) is 11.1 Å². The van der Waals surface area contributed by atoms with E-state index in [1.54, 1.807) is 18.3 Å². The third kappa shape index (κ3) is 2.18. The fourth-order valence-corrected chi connectivity index (χ4v) is 2.61. The fourth-order valence-electron chi connectivity index (χ4n) is 2.19. The third-order valence-electron chi connectivity index (χ3n) is 3.14. The lowest BCUT2D eigenvalue weighted by molar-refractivity contribution is 0.0696. The van der Waals surface area contributed by atoms with E-state index in [1.807, 2.05) is 36.4 Å². The van der Waals surface area contributed by atoms with Crippen LogP contribution < -0.4 is 0 Å². The molecule has 4 heteroatoms. The first kappa shape index (κ1) is 12.8. The second-order valence-electron chi connectivity index (χ2n) is 4.38. The topological polar surface area (TPSA) is 50.2 Å². The minimum atomic E-state index is -0.952. The lowest BCUT2D eigenvalue weighted by atomic mass is 10.0. The van der Waals surface area contributed by atoms with Crippen molar-refractivity contribution in [1.29, 1.82) is 0 Å². The van der Waals surface area contributed by atoms with Gasteiger partial charge in [-0.05, 0) is 39.7 Å². The molecule has 0 bridgehead atoms. The number of hydrogen-bond acceptors (Lipinski definition) is 2. The highest BCUT2D eigenvalue weighted by molar-refractivity contribution is 9.10. The number of carbonyl (C=O) groups is 1. The zero-order valence-electron chi connectivity index (χ0n) is 10.4. The number of aromatic carboxylic acids is 1. The summed E-state index contributed by atoms with van der Waals surface area (Å²) < 4.78 is 0.571. The molecule has 3 rings (SSSR count). The molecule has 2 aromatic carbocycles. The standard InChI is InChI=1S/C16H10BrNO2/c17-14-7-6-11(9-13(14)16(19)20)12-5-1-3-10-4-2-8-18-15(10)12/h1-9H,(H,19,20). The van der Waals surface area contributed by atoms with Crippen LogP contribution in [-0.2, 0) is 0 Å². The molecule has 3 nitrogen and oxygen atoms in total. The van der Waals surface area contributed by atoms with Gasteiger partial charge < -0.3 is 5.11 Å². The first-order valence-electron chi connectivity index (χ1n) is 6.04. The van der Waals surface area contributed by atoms with Crippen LogP contribution in [0.15, 0.2) is 59.2 Å². The number of hydrogen-bond donors (Lipinski definition) is 1. The van der Waals surface area contributed by atoms with Crippen molar-refractivity contribution in [2.75, 3.05) is 0 Å². The Bertz CT molecular complexity index is 809. The molecule has 0 radical (unpaired) electrons. The van der Waals surface area contributed by atoms with Crippen molar-refractivity contribution >= 4 is 32.8 Å². The van der Waals surface area contributed by atoms with Gasteiger partial charge in [0.25, 0.3) is 0 Å². The number of para-hydroxylation sites is 1. The molecule has 0 aliphatic carbocycles. The maximum absolute atomic E-state index is 11.2. The normalized spacial score (nSPS) is 10.7. The average molecular weight is 328 g/mol. The molecule has 0 saturated carbocycles. The van der Waals surface area contributed by atoms with E-state index in [0.717, 1.165) is 22.0 Å². The van der Waals surface area contributed by atoms with Crippen LogP contribution in [0.4, 0.5) is 0 Å². The Kier molecular flexibility index (Phi) is 3.24. The lowest BCUT2D eigenvalue weighted by Gasteiger charge is -2.08. The summed E-state index contributed by atoms with van der Waals surface area (Å²) >= 11 is 3.26. The third-order valence-corrected chi connectivity index (χ3v) is 3.83. The number of carboxylic acids is 1. The van der Waals surface area contributed by atoms with Crippen LogP contribution in [0.25, 0.3) is 22.0 Å². The minimum absolute atomic E-state index is 0.246. The lowest BCUT2D eigenvalue weighted by Crippen LogP contribution is -1.98. The predicted molar refractivity (Wildman–Crippen MR) is 81.8 cm³/mol. The Hall–Kier alpha value is -2.20. The molecule has 0 fully saturated rings. The van der Waals surface area contributed by atoms with E-state index in [4.69, 9.17) is 0 Å². The molecule has 3 aromatic rings. The Labute approximate surface area is 124 Å². The van der Waals surface area contributed by atoms with Crippen molar-refractivity contribution in [3.63, 3.8) is 0 Å². The molecule has 1 N–H and O–H groups in total. The van der Waals surface area contributed by atoms with Crippen molar-refractivity contribution in [1.82, 2.24) is 4.98 Å². The molecule has 0 aliphatic rings. The minimum Gasteiger partial charge on any atom is -0.478 e. The smallest absolute Gasteiger partial charge is 0.336 e. The van der Waals surface area contributed by atoms with Gasteiger partial charge in [-0.1, -0.05) is 30.3 Å². The first-order valence-corrected chi connectivity index (χ1v) is 6.83. The number of carboxylic acid groups (broad SMARTS) is 1. The van der Waals surface area contributed by atoms with Gasteiger partial charge in [-0.3, -0.25) is 4.98 Å². The molecule has 20 heavy (non-hydrogen) atoms. The summed E-state index contributed by atoms with van der Waals surface area (Å²) in [5.74, 6) is -0.952. The van der Waals surface area contributed by atoms with Crippen molar-refractivity contribution < 1.29 is 9.90 Å². The van der Waals surface area contributed by atoms with Gasteiger partial charge in [-0.25, -0.2) is 4.79 Å². The number of pyridine rings is 1. The van der Waals surface area contributed by atoms with E-state index >= 15 is 0 Å². The van der Waals surface area contributed by atoms with Crippen LogP contribution in [-0.4, -0.2) is 16.1 Å². The van der Waals surface area contributed by atoms with Gasteiger partial charge in [-0.15, -0.1) is 0 Å². The van der Waals surface area contributed by atoms with Crippen LogP contribution in [0.5, 0.6) is 0 Å². The van der Waals surface area contributed by atoms with Crippen LogP contribution in [0, 0.1) is 0 Å². The molecular formula is C16H10BrNO2. The number of aromatic nitrogens is 1. The predicted octanol–water partition coefficient (Wildman–Crippen LogP) is 4.36. The summed E-state index contributed by atoms with van der Waals surface area (Å²) in [6.07, 6.45) is 1.74. The van der Waals surface area contributed by atoms with E-state index in [1.165, 1.54) is 0 Å². The molecular weight excluding hydrogens is 318 g/mol. The fraction of sp³-hybridized carbons (Fsp3) is 0. The molecule has 0 amide bonds. The summed E-state index contributed by atoms with van der Waals surface area (Å²) in [7, 11) is 0. The number of halogens is 1. The van der Waals surface area contributed by atoms with E-state index in [2.05, 4.69) is 20.9 Å². The highest BCUT2D eigenvalue weighted by atomic mass is 79.9. The highest BCUT2D eigenvalue weighted by Gasteiger charge is 2.11. The molecule has 98 valence electrons. The van der Waals surface area contributed by atoms with Gasteiger partial charge in [0, 0.05) is 21.6 Å². The second-order valence-corrected chi connectivity index (χ2v) is 5.23. The maximum Gasteiger partial charge on any atom is 0.336 e. The SMILES string of the molecule is O=C(O)c1cc(-c2cccc3cccnc23)ccc1Br. The summed E-state index contributed by atoms with van der Waals surface area (Å²) in [5.41, 5.74) is 2.89. The van der Waals surface area contributed by atoms with Gasteiger partial charge in [0.15, 0.2) is 0 Å². The first-order chi connectivity index (χ1) is 9.66. The zero-order chi connectivity index (χ0) is 14.1. The van der Waals surface area contributed by atoms with E-state index in [9.17, 15) is 9.90 Å². The van der Waals surface area contributed by atoms with Gasteiger partial charge in [0.05, 0.1) is 11.1 Å². The van der Waals surface area contributed by atoms with E-state index < -0.39 is 5.97 Å². The highest BCUT2D eigenvalue weighted by Crippen LogP contribution is 2.30. The van der Waals surface area contributed by atoms with Crippen LogP contribution in [0.3, 0.4) is 0 Å². The Balaban J connectivity index is 2.26.